The zero-order valence-corrected chi connectivity index (χ0v) is 12.4. The molecule has 0 saturated carbocycles. The average molecular weight is 378 g/mol. The number of hydrogen-bond donors (Lipinski definition) is 1. The van der Waals surface area contributed by atoms with Gasteiger partial charge in [0.15, 0.2) is 5.75 Å². The van der Waals surface area contributed by atoms with E-state index >= 15 is 0 Å². The normalized spacial score (nSPS) is 10.3. The Morgan fingerprint density at radius 2 is 2.00 bits per heavy atom. The van der Waals surface area contributed by atoms with Gasteiger partial charge in [-0.1, -0.05) is 11.6 Å². The molecule has 1 heterocycles. The third-order valence-corrected chi connectivity index (χ3v) is 3.19. The van der Waals surface area contributed by atoms with E-state index in [1.54, 1.807) is 24.4 Å². The molecule has 0 spiro atoms. The fraction of sp³-hybridized carbons (Fsp3) is 0. The lowest BCUT2D eigenvalue weighted by atomic mass is 10.3. The van der Waals surface area contributed by atoms with Crippen LogP contribution in [0, 0.1) is 0 Å². The molecular formula is C11H7Br2ClN2O. The van der Waals surface area contributed by atoms with Crippen molar-refractivity contribution in [1.29, 1.82) is 0 Å². The van der Waals surface area contributed by atoms with Crippen LogP contribution < -0.4 is 10.5 Å². The van der Waals surface area contributed by atoms with Gasteiger partial charge in [-0.2, -0.15) is 0 Å². The molecule has 2 N–H and O–H groups in total. The van der Waals surface area contributed by atoms with E-state index in [1.165, 1.54) is 0 Å². The standard InChI is InChI=1S/C11H7Br2ClN2O/c12-6-3-8(13)11(16-5-6)17-10-2-1-7(14)4-9(10)15/h1-5H,15H2. The fourth-order valence-corrected chi connectivity index (χ4v) is 2.44. The fourth-order valence-electron chi connectivity index (χ4n) is 1.19. The first-order valence-corrected chi connectivity index (χ1v) is 6.56. The Labute approximate surface area is 120 Å². The second-order valence-corrected chi connectivity index (χ2v) is 5.43. The second-order valence-electron chi connectivity index (χ2n) is 3.22. The van der Waals surface area contributed by atoms with Crippen molar-refractivity contribution in [2.75, 3.05) is 5.73 Å². The van der Waals surface area contributed by atoms with Gasteiger partial charge in [-0.25, -0.2) is 4.98 Å². The summed E-state index contributed by atoms with van der Waals surface area (Å²) in [5, 5.41) is 0.567. The molecule has 17 heavy (non-hydrogen) atoms. The molecule has 2 rings (SSSR count). The summed E-state index contributed by atoms with van der Waals surface area (Å²) in [7, 11) is 0. The largest absolute Gasteiger partial charge is 0.436 e. The Bertz CT molecular complexity index is 514. The molecule has 6 heteroatoms. The van der Waals surface area contributed by atoms with Gasteiger partial charge in [0.2, 0.25) is 5.88 Å². The van der Waals surface area contributed by atoms with Crippen LogP contribution in [0.25, 0.3) is 0 Å². The van der Waals surface area contributed by atoms with Gasteiger partial charge in [-0.3, -0.25) is 0 Å². The minimum Gasteiger partial charge on any atom is -0.436 e. The molecule has 2 aromatic rings. The van der Waals surface area contributed by atoms with Gasteiger partial charge in [0, 0.05) is 15.7 Å². The molecule has 1 aromatic carbocycles. The van der Waals surface area contributed by atoms with Crippen molar-refractivity contribution in [1.82, 2.24) is 4.98 Å². The maximum Gasteiger partial charge on any atom is 0.233 e. The first-order valence-electron chi connectivity index (χ1n) is 4.60. The van der Waals surface area contributed by atoms with Crippen molar-refractivity contribution in [2.45, 2.75) is 0 Å². The summed E-state index contributed by atoms with van der Waals surface area (Å²) in [6, 6.07) is 6.88. The second kappa shape index (κ2) is 5.25. The number of ether oxygens (including phenoxy) is 1. The highest BCUT2D eigenvalue weighted by Crippen LogP contribution is 2.33. The molecule has 0 aliphatic rings. The van der Waals surface area contributed by atoms with Crippen LogP contribution in [0.15, 0.2) is 39.4 Å². The third-order valence-electron chi connectivity index (χ3n) is 1.95. The lowest BCUT2D eigenvalue weighted by Gasteiger charge is -2.09. The monoisotopic (exact) mass is 376 g/mol. The van der Waals surface area contributed by atoms with Crippen molar-refractivity contribution in [2.24, 2.45) is 0 Å². The number of nitrogens with two attached hydrogens (primary N) is 1. The molecule has 0 bridgehead atoms. The number of pyridine rings is 1. The Morgan fingerprint density at radius 3 is 2.65 bits per heavy atom. The van der Waals surface area contributed by atoms with Gasteiger partial charge in [0.1, 0.15) is 0 Å². The van der Waals surface area contributed by atoms with Crippen molar-refractivity contribution >= 4 is 49.1 Å². The maximum absolute atomic E-state index is 5.81. The smallest absolute Gasteiger partial charge is 0.233 e. The van der Waals surface area contributed by atoms with Crippen LogP contribution >= 0.6 is 43.5 Å². The van der Waals surface area contributed by atoms with E-state index in [2.05, 4.69) is 36.8 Å². The van der Waals surface area contributed by atoms with Crippen LogP contribution in [0.4, 0.5) is 5.69 Å². The van der Waals surface area contributed by atoms with Crippen LogP contribution in [-0.4, -0.2) is 4.98 Å². The van der Waals surface area contributed by atoms with E-state index in [1.807, 2.05) is 6.07 Å². The Kier molecular flexibility index (Phi) is 3.91. The molecule has 0 amide bonds. The number of hydrogen-bond acceptors (Lipinski definition) is 3. The van der Waals surface area contributed by atoms with Crippen LogP contribution in [0.2, 0.25) is 5.02 Å². The van der Waals surface area contributed by atoms with E-state index in [4.69, 9.17) is 22.1 Å². The molecule has 0 saturated heterocycles. The van der Waals surface area contributed by atoms with Gasteiger partial charge in [-0.05, 0) is 56.1 Å². The Hall–Kier alpha value is -0.780. The van der Waals surface area contributed by atoms with Crippen LogP contribution in [0.1, 0.15) is 0 Å². The summed E-state index contributed by atoms with van der Waals surface area (Å²) in [5.74, 6) is 0.965. The Balaban J connectivity index is 2.31. The molecule has 1 aromatic heterocycles. The number of nitrogens with zero attached hydrogens (tertiary/aromatic N) is 1. The van der Waals surface area contributed by atoms with Gasteiger partial charge >= 0.3 is 0 Å². The maximum atomic E-state index is 5.81. The van der Waals surface area contributed by atoms with E-state index < -0.39 is 0 Å². The molecule has 0 radical (unpaired) electrons. The number of anilines is 1. The zero-order chi connectivity index (χ0) is 12.4. The number of nitrogen functional groups attached to an aromatic ring is 1. The highest BCUT2D eigenvalue weighted by atomic mass is 79.9. The number of halogens is 3. The van der Waals surface area contributed by atoms with Gasteiger partial charge in [0.25, 0.3) is 0 Å². The van der Waals surface area contributed by atoms with E-state index in [-0.39, 0.29) is 0 Å². The zero-order valence-electron chi connectivity index (χ0n) is 8.45. The molecule has 0 atom stereocenters. The van der Waals surface area contributed by atoms with Crippen molar-refractivity contribution in [3.63, 3.8) is 0 Å². The summed E-state index contributed by atoms with van der Waals surface area (Å²) < 4.78 is 7.19. The summed E-state index contributed by atoms with van der Waals surface area (Å²) in [6.07, 6.45) is 1.65. The molecule has 88 valence electrons. The quantitative estimate of drug-likeness (QED) is 0.775. The SMILES string of the molecule is Nc1cc(Cl)ccc1Oc1ncc(Br)cc1Br. The summed E-state index contributed by atoms with van der Waals surface area (Å²) in [6.45, 7) is 0. The van der Waals surface area contributed by atoms with E-state index in [0.717, 1.165) is 8.95 Å². The lowest BCUT2D eigenvalue weighted by Crippen LogP contribution is -1.94. The van der Waals surface area contributed by atoms with Crippen LogP contribution in [0.3, 0.4) is 0 Å². The minimum absolute atomic E-state index is 0.447. The Morgan fingerprint density at radius 1 is 1.24 bits per heavy atom. The first kappa shape index (κ1) is 12.7. The van der Waals surface area contributed by atoms with Gasteiger partial charge < -0.3 is 10.5 Å². The molecule has 0 unspecified atom stereocenters. The van der Waals surface area contributed by atoms with Crippen molar-refractivity contribution < 1.29 is 4.74 Å². The average Bonchev–Trinajstić information content (AvgIpc) is 2.25. The van der Waals surface area contributed by atoms with Crippen molar-refractivity contribution in [3.8, 4) is 11.6 Å². The third kappa shape index (κ3) is 3.12. The van der Waals surface area contributed by atoms with Gasteiger partial charge in [0.05, 0.1) is 10.2 Å². The predicted octanol–water partition coefficient (Wildman–Crippen LogP) is 4.63. The van der Waals surface area contributed by atoms with Crippen molar-refractivity contribution in [3.05, 3.63) is 44.4 Å². The molecule has 0 fully saturated rings. The molecule has 0 aliphatic heterocycles. The highest BCUT2D eigenvalue weighted by molar-refractivity contribution is 9.11. The van der Waals surface area contributed by atoms with Crippen LogP contribution in [0.5, 0.6) is 11.6 Å². The van der Waals surface area contributed by atoms with E-state index in [9.17, 15) is 0 Å². The first-order chi connectivity index (χ1) is 8.06. The summed E-state index contributed by atoms with van der Waals surface area (Å²) >= 11 is 12.5. The number of aromatic nitrogens is 1. The molecule has 0 aliphatic carbocycles. The summed E-state index contributed by atoms with van der Waals surface area (Å²) in [5.41, 5.74) is 6.25. The van der Waals surface area contributed by atoms with Gasteiger partial charge in [-0.15, -0.1) is 0 Å². The topological polar surface area (TPSA) is 48.1 Å². The summed E-state index contributed by atoms with van der Waals surface area (Å²) in [4.78, 5) is 4.13. The minimum atomic E-state index is 0.447. The predicted molar refractivity (Wildman–Crippen MR) is 75.6 cm³/mol. The number of rotatable bonds is 2. The molecular weight excluding hydrogens is 371 g/mol. The van der Waals surface area contributed by atoms with Crippen LogP contribution in [-0.2, 0) is 0 Å². The number of benzene rings is 1. The highest BCUT2D eigenvalue weighted by Gasteiger charge is 2.07. The van der Waals surface area contributed by atoms with E-state index in [0.29, 0.717) is 22.3 Å². The molecule has 3 nitrogen and oxygen atoms in total. The lowest BCUT2D eigenvalue weighted by molar-refractivity contribution is 0.461.